The summed E-state index contributed by atoms with van der Waals surface area (Å²) in [6.07, 6.45) is 2.31. The number of carbonyl (C=O) groups is 2. The maximum atomic E-state index is 13.3. The van der Waals surface area contributed by atoms with Gasteiger partial charge in [0, 0.05) is 29.5 Å². The van der Waals surface area contributed by atoms with Gasteiger partial charge in [0.05, 0.1) is 5.56 Å². The molecule has 3 aromatic carbocycles. The number of benzene rings is 3. The molecule has 1 unspecified atom stereocenters. The molecule has 2 amide bonds. The molecule has 188 valence electrons. The van der Waals surface area contributed by atoms with Crippen molar-refractivity contribution in [1.82, 2.24) is 10.2 Å². The van der Waals surface area contributed by atoms with Gasteiger partial charge in [-0.15, -0.1) is 22.0 Å². The first-order valence-electron chi connectivity index (χ1n) is 12.0. The molecule has 0 bridgehead atoms. The summed E-state index contributed by atoms with van der Waals surface area (Å²) in [6, 6.07) is 23.8. The van der Waals surface area contributed by atoms with Crippen molar-refractivity contribution in [2.75, 3.05) is 22.5 Å². The molecule has 0 aliphatic carbocycles. The van der Waals surface area contributed by atoms with E-state index in [1.165, 1.54) is 29.0 Å². The van der Waals surface area contributed by atoms with Crippen LogP contribution in [0.25, 0.3) is 0 Å². The quantitative estimate of drug-likeness (QED) is 0.206. The highest BCUT2D eigenvalue weighted by molar-refractivity contribution is 7.99. The maximum absolute atomic E-state index is 13.3. The van der Waals surface area contributed by atoms with Gasteiger partial charge in [-0.1, -0.05) is 53.8 Å². The van der Waals surface area contributed by atoms with Crippen LogP contribution in [0.2, 0.25) is 0 Å². The second-order valence-electron chi connectivity index (χ2n) is 8.72. The lowest BCUT2D eigenvalue weighted by Crippen LogP contribution is -2.24. The molecule has 1 aliphatic rings. The SMILES string of the molecule is O=C(Nc1nnc(C2CC(=O)N(c3ccc(F)cc3)C2)s1)c1ccccc1SCCCc1ccccc1. The van der Waals surface area contributed by atoms with Crippen molar-refractivity contribution in [3.05, 3.63) is 101 Å². The zero-order valence-corrected chi connectivity index (χ0v) is 21.6. The summed E-state index contributed by atoms with van der Waals surface area (Å²) in [5.74, 6) is 0.152. The molecule has 2 heterocycles. The minimum absolute atomic E-state index is 0.0457. The van der Waals surface area contributed by atoms with Crippen LogP contribution in [-0.2, 0) is 11.2 Å². The number of nitrogens with one attached hydrogen (secondary N) is 1. The first-order chi connectivity index (χ1) is 18.1. The van der Waals surface area contributed by atoms with Crippen LogP contribution in [0.15, 0.2) is 83.8 Å². The number of halogens is 1. The van der Waals surface area contributed by atoms with E-state index >= 15 is 0 Å². The van der Waals surface area contributed by atoms with Crippen LogP contribution in [0.1, 0.15) is 39.7 Å². The Balaban J connectivity index is 1.18. The van der Waals surface area contributed by atoms with Crippen molar-refractivity contribution >= 4 is 45.7 Å². The largest absolute Gasteiger partial charge is 0.312 e. The lowest BCUT2D eigenvalue weighted by molar-refractivity contribution is -0.117. The number of nitrogens with zero attached hydrogens (tertiary/aromatic N) is 3. The zero-order chi connectivity index (χ0) is 25.6. The fourth-order valence-electron chi connectivity index (χ4n) is 4.24. The molecule has 0 spiro atoms. The van der Waals surface area contributed by atoms with Gasteiger partial charge in [0.25, 0.3) is 5.91 Å². The van der Waals surface area contributed by atoms with Gasteiger partial charge in [0.1, 0.15) is 10.8 Å². The normalized spacial score (nSPS) is 15.2. The van der Waals surface area contributed by atoms with Crippen molar-refractivity contribution in [3.8, 4) is 0 Å². The van der Waals surface area contributed by atoms with Gasteiger partial charge in [-0.2, -0.15) is 0 Å². The highest BCUT2D eigenvalue weighted by Crippen LogP contribution is 2.34. The lowest BCUT2D eigenvalue weighted by atomic mass is 10.1. The average Bonchev–Trinajstić information content (AvgIpc) is 3.54. The predicted octanol–water partition coefficient (Wildman–Crippen LogP) is 6.17. The Labute approximate surface area is 222 Å². The van der Waals surface area contributed by atoms with Crippen LogP contribution in [0, 0.1) is 5.82 Å². The average molecular weight is 533 g/mol. The van der Waals surface area contributed by atoms with E-state index in [2.05, 4.69) is 27.6 Å². The molecule has 0 radical (unpaired) electrons. The second kappa shape index (κ2) is 11.7. The summed E-state index contributed by atoms with van der Waals surface area (Å²) in [4.78, 5) is 28.2. The Kier molecular flexibility index (Phi) is 7.91. The summed E-state index contributed by atoms with van der Waals surface area (Å²) in [5.41, 5.74) is 2.57. The fourth-order valence-corrected chi connectivity index (χ4v) is 6.07. The van der Waals surface area contributed by atoms with E-state index in [4.69, 9.17) is 0 Å². The van der Waals surface area contributed by atoms with Crippen LogP contribution in [0.5, 0.6) is 0 Å². The first-order valence-corrected chi connectivity index (χ1v) is 13.8. The van der Waals surface area contributed by atoms with E-state index in [9.17, 15) is 14.0 Å². The monoisotopic (exact) mass is 532 g/mol. The van der Waals surface area contributed by atoms with Crippen molar-refractivity contribution < 1.29 is 14.0 Å². The van der Waals surface area contributed by atoms with Crippen LogP contribution in [0.3, 0.4) is 0 Å². The maximum Gasteiger partial charge on any atom is 0.258 e. The van der Waals surface area contributed by atoms with Gasteiger partial charge in [-0.3, -0.25) is 14.9 Å². The van der Waals surface area contributed by atoms with Crippen molar-refractivity contribution in [1.29, 1.82) is 0 Å². The smallest absolute Gasteiger partial charge is 0.258 e. The van der Waals surface area contributed by atoms with Crippen molar-refractivity contribution in [2.45, 2.75) is 30.1 Å². The summed E-state index contributed by atoms with van der Waals surface area (Å²) in [7, 11) is 0. The summed E-state index contributed by atoms with van der Waals surface area (Å²) in [5, 5.41) is 12.4. The van der Waals surface area contributed by atoms with Crippen LogP contribution < -0.4 is 10.2 Å². The number of amides is 2. The fraction of sp³-hybridized carbons (Fsp3) is 0.214. The van der Waals surface area contributed by atoms with Gasteiger partial charge in [0.15, 0.2) is 0 Å². The number of hydrogen-bond acceptors (Lipinski definition) is 6. The number of rotatable bonds is 9. The van der Waals surface area contributed by atoms with Crippen LogP contribution in [0.4, 0.5) is 15.2 Å². The van der Waals surface area contributed by atoms with Gasteiger partial charge < -0.3 is 4.90 Å². The lowest BCUT2D eigenvalue weighted by Gasteiger charge is -2.16. The van der Waals surface area contributed by atoms with Crippen LogP contribution >= 0.6 is 23.1 Å². The molecule has 9 heteroatoms. The molecule has 0 saturated carbocycles. The number of hydrogen-bond donors (Lipinski definition) is 1. The van der Waals surface area contributed by atoms with Crippen molar-refractivity contribution in [3.63, 3.8) is 0 Å². The van der Waals surface area contributed by atoms with Gasteiger partial charge in [-0.05, 0) is 60.6 Å². The van der Waals surface area contributed by atoms with Gasteiger partial charge >= 0.3 is 0 Å². The third-order valence-corrected chi connectivity index (χ3v) is 8.28. The topological polar surface area (TPSA) is 75.2 Å². The molecule has 1 N–H and O–H groups in total. The Morgan fingerprint density at radius 3 is 2.59 bits per heavy atom. The summed E-state index contributed by atoms with van der Waals surface area (Å²) >= 11 is 2.95. The Morgan fingerprint density at radius 1 is 1.03 bits per heavy atom. The minimum Gasteiger partial charge on any atom is -0.312 e. The Bertz CT molecular complexity index is 1380. The van der Waals surface area contributed by atoms with E-state index in [0.29, 0.717) is 34.4 Å². The standard InChI is InChI=1S/C28H25FN4O2S2/c29-21-12-14-22(15-13-21)33-18-20(17-25(33)34)27-31-32-28(37-27)30-26(35)23-10-4-5-11-24(23)36-16-6-9-19-7-2-1-3-8-19/h1-5,7-8,10-15,20H,6,9,16-18H2,(H,30,32,35). The molecular formula is C28H25FN4O2S2. The molecular weight excluding hydrogens is 507 g/mol. The number of aromatic nitrogens is 2. The molecule has 1 aromatic heterocycles. The minimum atomic E-state index is -0.344. The Morgan fingerprint density at radius 2 is 1.78 bits per heavy atom. The zero-order valence-electron chi connectivity index (χ0n) is 20.0. The first kappa shape index (κ1) is 25.1. The highest BCUT2D eigenvalue weighted by atomic mass is 32.2. The van der Waals surface area contributed by atoms with Crippen molar-refractivity contribution in [2.24, 2.45) is 0 Å². The van der Waals surface area contributed by atoms with Gasteiger partial charge in [-0.25, -0.2) is 4.39 Å². The highest BCUT2D eigenvalue weighted by Gasteiger charge is 2.34. The number of thioether (sulfide) groups is 1. The number of aryl methyl sites for hydroxylation is 1. The van der Waals surface area contributed by atoms with E-state index in [-0.39, 0.29) is 23.5 Å². The third-order valence-electron chi connectivity index (χ3n) is 6.12. The molecule has 1 saturated heterocycles. The van der Waals surface area contributed by atoms with Gasteiger partial charge in [0.2, 0.25) is 11.0 Å². The number of carbonyl (C=O) groups excluding carboxylic acids is 2. The molecule has 37 heavy (non-hydrogen) atoms. The molecule has 6 nitrogen and oxygen atoms in total. The predicted molar refractivity (Wildman–Crippen MR) is 146 cm³/mol. The summed E-state index contributed by atoms with van der Waals surface area (Å²) < 4.78 is 13.3. The van der Waals surface area contributed by atoms with Crippen LogP contribution in [-0.4, -0.2) is 34.3 Å². The van der Waals surface area contributed by atoms with E-state index in [1.807, 2.05) is 42.5 Å². The second-order valence-corrected chi connectivity index (χ2v) is 10.9. The summed E-state index contributed by atoms with van der Waals surface area (Å²) in [6.45, 7) is 0.440. The molecule has 5 rings (SSSR count). The molecule has 1 aliphatic heterocycles. The van der Waals surface area contributed by atoms with E-state index < -0.39 is 0 Å². The third kappa shape index (κ3) is 6.23. The Hall–Kier alpha value is -3.56. The molecule has 1 atom stereocenters. The van der Waals surface area contributed by atoms with E-state index in [0.717, 1.165) is 23.5 Å². The molecule has 4 aromatic rings. The number of anilines is 2. The van der Waals surface area contributed by atoms with E-state index in [1.54, 1.807) is 28.8 Å². The molecule has 1 fully saturated rings.